The zero-order chi connectivity index (χ0) is 20.6. The Bertz CT molecular complexity index is 1100. The fraction of sp³-hybridized carbons (Fsp3) is 0.200. The molecule has 3 rings (SSSR count). The average Bonchev–Trinajstić information content (AvgIpc) is 2.90. The van der Waals surface area contributed by atoms with E-state index in [1.165, 1.54) is 29.3 Å². The highest BCUT2D eigenvalue weighted by Gasteiger charge is 2.29. The Morgan fingerprint density at radius 2 is 1.71 bits per heavy atom. The van der Waals surface area contributed by atoms with E-state index in [4.69, 9.17) is 5.14 Å². The molecule has 0 saturated heterocycles. The SMILES string of the molecule is CC1=NN(c2ccc(S(N)(=O)=O)cc2)C(=O)/C1=C/c1ccc(N(C)C)cc1C. The van der Waals surface area contributed by atoms with E-state index >= 15 is 0 Å². The molecule has 0 saturated carbocycles. The third kappa shape index (κ3) is 3.83. The van der Waals surface area contributed by atoms with Gasteiger partial charge in [0.1, 0.15) is 0 Å². The van der Waals surface area contributed by atoms with E-state index in [0.29, 0.717) is 17.0 Å². The summed E-state index contributed by atoms with van der Waals surface area (Å²) in [5.41, 5.74) is 4.64. The molecule has 1 aliphatic heterocycles. The van der Waals surface area contributed by atoms with Crippen molar-refractivity contribution >= 4 is 39.1 Å². The van der Waals surface area contributed by atoms with Crippen LogP contribution in [-0.4, -0.2) is 34.1 Å². The van der Waals surface area contributed by atoms with Gasteiger partial charge in [-0.15, -0.1) is 0 Å². The highest BCUT2D eigenvalue weighted by Crippen LogP contribution is 2.27. The first-order valence-electron chi connectivity index (χ1n) is 8.60. The van der Waals surface area contributed by atoms with Gasteiger partial charge in [0, 0.05) is 19.8 Å². The number of hydrogen-bond acceptors (Lipinski definition) is 5. The maximum Gasteiger partial charge on any atom is 0.280 e. The van der Waals surface area contributed by atoms with Crippen LogP contribution in [0.2, 0.25) is 0 Å². The van der Waals surface area contributed by atoms with E-state index in [-0.39, 0.29) is 10.8 Å². The van der Waals surface area contributed by atoms with Crippen molar-refractivity contribution in [2.45, 2.75) is 18.7 Å². The number of benzene rings is 2. The number of rotatable bonds is 4. The van der Waals surface area contributed by atoms with Crippen LogP contribution in [0.4, 0.5) is 11.4 Å². The van der Waals surface area contributed by atoms with E-state index < -0.39 is 10.0 Å². The van der Waals surface area contributed by atoms with Gasteiger partial charge in [0.25, 0.3) is 5.91 Å². The lowest BCUT2D eigenvalue weighted by Gasteiger charge is -2.14. The van der Waals surface area contributed by atoms with E-state index in [2.05, 4.69) is 11.2 Å². The van der Waals surface area contributed by atoms with Crippen LogP contribution in [0.25, 0.3) is 6.08 Å². The van der Waals surface area contributed by atoms with Crippen LogP contribution >= 0.6 is 0 Å². The summed E-state index contributed by atoms with van der Waals surface area (Å²) in [6.45, 7) is 3.76. The number of anilines is 2. The Morgan fingerprint density at radius 1 is 1.07 bits per heavy atom. The zero-order valence-corrected chi connectivity index (χ0v) is 17.0. The summed E-state index contributed by atoms with van der Waals surface area (Å²) in [4.78, 5) is 14.9. The Labute approximate surface area is 164 Å². The lowest BCUT2D eigenvalue weighted by molar-refractivity contribution is -0.114. The summed E-state index contributed by atoms with van der Waals surface area (Å²) < 4.78 is 22.8. The number of sulfonamides is 1. The molecule has 1 heterocycles. The molecule has 0 unspecified atom stereocenters. The molecular formula is C20H22N4O3S. The minimum absolute atomic E-state index is 0.0176. The zero-order valence-electron chi connectivity index (χ0n) is 16.2. The van der Waals surface area contributed by atoms with Crippen LogP contribution in [0.15, 0.2) is 58.0 Å². The summed E-state index contributed by atoms with van der Waals surface area (Å²) in [7, 11) is 0.163. The van der Waals surface area contributed by atoms with Gasteiger partial charge in [-0.2, -0.15) is 10.1 Å². The van der Waals surface area contributed by atoms with Crippen molar-refractivity contribution in [3.8, 4) is 0 Å². The number of carbonyl (C=O) groups excluding carboxylic acids is 1. The highest BCUT2D eigenvalue weighted by atomic mass is 32.2. The molecule has 2 aromatic rings. The fourth-order valence-electron chi connectivity index (χ4n) is 2.89. The Balaban J connectivity index is 1.92. The van der Waals surface area contributed by atoms with E-state index in [1.807, 2.05) is 44.1 Å². The van der Waals surface area contributed by atoms with Crippen molar-refractivity contribution in [1.82, 2.24) is 0 Å². The summed E-state index contributed by atoms with van der Waals surface area (Å²) in [6.07, 6.45) is 1.83. The molecule has 2 N–H and O–H groups in total. The van der Waals surface area contributed by atoms with Crippen LogP contribution in [0.5, 0.6) is 0 Å². The molecule has 2 aromatic carbocycles. The van der Waals surface area contributed by atoms with E-state index in [9.17, 15) is 13.2 Å². The van der Waals surface area contributed by atoms with Gasteiger partial charge in [0.2, 0.25) is 10.0 Å². The lowest BCUT2D eigenvalue weighted by Crippen LogP contribution is -2.21. The fourth-order valence-corrected chi connectivity index (χ4v) is 3.41. The average molecular weight is 398 g/mol. The van der Waals surface area contributed by atoms with E-state index in [0.717, 1.165) is 16.8 Å². The molecule has 28 heavy (non-hydrogen) atoms. The number of carbonyl (C=O) groups is 1. The number of nitrogens with two attached hydrogens (primary N) is 1. The van der Waals surface area contributed by atoms with Crippen molar-refractivity contribution in [1.29, 1.82) is 0 Å². The molecule has 7 nitrogen and oxygen atoms in total. The van der Waals surface area contributed by atoms with Crippen LogP contribution in [-0.2, 0) is 14.8 Å². The van der Waals surface area contributed by atoms with Gasteiger partial charge in [-0.25, -0.2) is 13.6 Å². The molecular weight excluding hydrogens is 376 g/mol. The third-order valence-corrected chi connectivity index (χ3v) is 5.47. The molecule has 0 spiro atoms. The second kappa shape index (κ2) is 7.21. The predicted octanol–water partition coefficient (Wildman–Crippen LogP) is 2.51. The van der Waals surface area contributed by atoms with Crippen LogP contribution in [0.1, 0.15) is 18.1 Å². The minimum Gasteiger partial charge on any atom is -0.378 e. The molecule has 0 fully saturated rings. The summed E-state index contributed by atoms with van der Waals surface area (Å²) in [5.74, 6) is -0.267. The molecule has 1 amide bonds. The van der Waals surface area contributed by atoms with Gasteiger partial charge < -0.3 is 4.90 Å². The molecule has 0 aliphatic carbocycles. The molecule has 0 atom stereocenters. The molecule has 8 heteroatoms. The predicted molar refractivity (Wildman–Crippen MR) is 112 cm³/mol. The van der Waals surface area contributed by atoms with Crippen LogP contribution < -0.4 is 15.0 Å². The second-order valence-electron chi connectivity index (χ2n) is 6.83. The van der Waals surface area contributed by atoms with Crippen molar-refractivity contribution < 1.29 is 13.2 Å². The minimum atomic E-state index is -3.79. The largest absolute Gasteiger partial charge is 0.378 e. The first-order valence-corrected chi connectivity index (χ1v) is 10.1. The summed E-state index contributed by atoms with van der Waals surface area (Å²) in [6, 6.07) is 11.8. The molecule has 1 aliphatic rings. The maximum absolute atomic E-state index is 12.9. The number of hydrogen-bond donors (Lipinski definition) is 1. The number of hydrazone groups is 1. The van der Waals surface area contributed by atoms with Crippen molar-refractivity contribution in [2.75, 3.05) is 24.0 Å². The van der Waals surface area contributed by atoms with Crippen LogP contribution in [0.3, 0.4) is 0 Å². The number of amides is 1. The second-order valence-corrected chi connectivity index (χ2v) is 8.40. The Hall–Kier alpha value is -2.97. The third-order valence-electron chi connectivity index (χ3n) is 4.54. The number of nitrogens with zero attached hydrogens (tertiary/aromatic N) is 3. The van der Waals surface area contributed by atoms with Gasteiger partial charge in [0.15, 0.2) is 0 Å². The van der Waals surface area contributed by atoms with Gasteiger partial charge >= 0.3 is 0 Å². The van der Waals surface area contributed by atoms with Crippen LogP contribution in [0, 0.1) is 6.92 Å². The molecule has 0 radical (unpaired) electrons. The molecule has 146 valence electrons. The van der Waals surface area contributed by atoms with Crippen molar-refractivity contribution in [2.24, 2.45) is 10.2 Å². The highest BCUT2D eigenvalue weighted by molar-refractivity contribution is 7.89. The number of aryl methyl sites for hydroxylation is 1. The molecule has 0 aromatic heterocycles. The maximum atomic E-state index is 12.9. The number of primary sulfonamides is 1. The van der Waals surface area contributed by atoms with Crippen molar-refractivity contribution in [3.63, 3.8) is 0 Å². The Morgan fingerprint density at radius 3 is 2.25 bits per heavy atom. The Kier molecular flexibility index (Phi) is 5.10. The monoisotopic (exact) mass is 398 g/mol. The first kappa shape index (κ1) is 19.8. The normalized spacial score (nSPS) is 15.9. The smallest absolute Gasteiger partial charge is 0.280 e. The molecule has 0 bridgehead atoms. The van der Waals surface area contributed by atoms with Gasteiger partial charge in [-0.3, -0.25) is 4.79 Å². The quantitative estimate of drug-likeness (QED) is 0.801. The summed E-state index contributed by atoms with van der Waals surface area (Å²) >= 11 is 0. The van der Waals surface area contributed by atoms with Gasteiger partial charge in [0.05, 0.1) is 21.9 Å². The van der Waals surface area contributed by atoms with Gasteiger partial charge in [-0.05, 0) is 67.4 Å². The first-order chi connectivity index (χ1) is 13.1. The van der Waals surface area contributed by atoms with E-state index in [1.54, 1.807) is 6.92 Å². The standard InChI is InChI=1S/C20H22N4O3S/c1-13-11-17(23(3)4)6-5-15(13)12-19-14(2)22-24(20(19)25)16-7-9-18(10-8-16)28(21,26)27/h5-12H,1-4H3,(H2,21,26,27)/b19-12+. The summed E-state index contributed by atoms with van der Waals surface area (Å²) in [5, 5.41) is 10.7. The topological polar surface area (TPSA) is 96.1 Å². The van der Waals surface area contributed by atoms with Gasteiger partial charge in [-0.1, -0.05) is 6.07 Å². The lowest BCUT2D eigenvalue weighted by atomic mass is 10.0. The van der Waals surface area contributed by atoms with Crippen molar-refractivity contribution in [3.05, 3.63) is 59.2 Å².